The molecular weight excluding hydrogens is 266 g/mol. The fourth-order valence-corrected chi connectivity index (χ4v) is 1.67. The Bertz CT molecular complexity index is 566. The van der Waals surface area contributed by atoms with Gasteiger partial charge in [-0.25, -0.2) is 0 Å². The van der Waals surface area contributed by atoms with Crippen molar-refractivity contribution in [3.05, 3.63) is 41.6 Å². The standard InChI is InChI=1S/C16H21N3O2/c1-16(2,3)19-15(20)13(9-17)11-18-10-12-7-5-6-8-14(12)21-4/h5-8,11,18H,10H2,1-4H3,(H,19,20)/b13-11-. The molecule has 5 heteroatoms. The molecule has 0 radical (unpaired) electrons. The third-order valence-electron chi connectivity index (χ3n) is 2.59. The predicted octanol–water partition coefficient (Wildman–Crippen LogP) is 2.11. The average Bonchev–Trinajstić information content (AvgIpc) is 2.42. The average molecular weight is 287 g/mol. The zero-order valence-electron chi connectivity index (χ0n) is 12.9. The van der Waals surface area contributed by atoms with Gasteiger partial charge in [0.2, 0.25) is 0 Å². The van der Waals surface area contributed by atoms with Crippen LogP contribution < -0.4 is 15.4 Å². The summed E-state index contributed by atoms with van der Waals surface area (Å²) in [5, 5.41) is 14.8. The minimum atomic E-state index is -0.391. The lowest BCUT2D eigenvalue weighted by molar-refractivity contribution is -0.118. The first-order valence-electron chi connectivity index (χ1n) is 6.65. The summed E-state index contributed by atoms with van der Waals surface area (Å²) >= 11 is 0. The van der Waals surface area contributed by atoms with Gasteiger partial charge in [0, 0.05) is 23.8 Å². The fraction of sp³-hybridized carbons (Fsp3) is 0.375. The van der Waals surface area contributed by atoms with E-state index in [0.717, 1.165) is 11.3 Å². The van der Waals surface area contributed by atoms with Crippen LogP contribution in [-0.2, 0) is 11.3 Å². The Hall–Kier alpha value is -2.48. The van der Waals surface area contributed by atoms with E-state index < -0.39 is 5.91 Å². The molecule has 0 aliphatic heterocycles. The molecule has 5 nitrogen and oxygen atoms in total. The van der Waals surface area contributed by atoms with Crippen LogP contribution in [0.15, 0.2) is 36.0 Å². The van der Waals surface area contributed by atoms with Crippen LogP contribution >= 0.6 is 0 Å². The number of nitrogens with one attached hydrogen (secondary N) is 2. The topological polar surface area (TPSA) is 74.1 Å². The van der Waals surface area contributed by atoms with E-state index in [1.165, 1.54) is 6.20 Å². The van der Waals surface area contributed by atoms with Crippen LogP contribution in [0.3, 0.4) is 0 Å². The smallest absolute Gasteiger partial charge is 0.263 e. The molecule has 0 unspecified atom stereocenters. The first-order chi connectivity index (χ1) is 9.87. The number of amides is 1. The van der Waals surface area contributed by atoms with E-state index in [1.54, 1.807) is 7.11 Å². The molecule has 0 fully saturated rings. The third kappa shape index (κ3) is 5.57. The van der Waals surface area contributed by atoms with Crippen LogP contribution in [0.4, 0.5) is 0 Å². The lowest BCUT2D eigenvalue weighted by Crippen LogP contribution is -2.41. The van der Waals surface area contributed by atoms with Gasteiger partial charge in [-0.1, -0.05) is 18.2 Å². The Morgan fingerprint density at radius 1 is 1.38 bits per heavy atom. The Balaban J connectivity index is 2.70. The van der Waals surface area contributed by atoms with Crippen molar-refractivity contribution in [1.82, 2.24) is 10.6 Å². The highest BCUT2D eigenvalue weighted by Crippen LogP contribution is 2.16. The summed E-state index contributed by atoms with van der Waals surface area (Å²) in [4.78, 5) is 11.9. The van der Waals surface area contributed by atoms with Crippen molar-refractivity contribution < 1.29 is 9.53 Å². The van der Waals surface area contributed by atoms with Crippen LogP contribution in [0.1, 0.15) is 26.3 Å². The fourth-order valence-electron chi connectivity index (χ4n) is 1.67. The van der Waals surface area contributed by atoms with E-state index in [0.29, 0.717) is 6.54 Å². The summed E-state index contributed by atoms with van der Waals surface area (Å²) in [5.74, 6) is 0.369. The van der Waals surface area contributed by atoms with Gasteiger partial charge in [-0.05, 0) is 26.8 Å². The highest BCUT2D eigenvalue weighted by atomic mass is 16.5. The van der Waals surface area contributed by atoms with Gasteiger partial charge in [-0.15, -0.1) is 0 Å². The molecule has 1 amide bonds. The second kappa shape index (κ2) is 7.34. The molecule has 2 N–H and O–H groups in total. The maximum atomic E-state index is 11.9. The number of ether oxygens (including phenoxy) is 1. The Morgan fingerprint density at radius 3 is 2.62 bits per heavy atom. The van der Waals surface area contributed by atoms with Gasteiger partial charge in [-0.2, -0.15) is 5.26 Å². The van der Waals surface area contributed by atoms with Gasteiger partial charge in [0.25, 0.3) is 5.91 Å². The molecule has 112 valence electrons. The van der Waals surface area contributed by atoms with E-state index in [2.05, 4.69) is 10.6 Å². The molecule has 0 aliphatic rings. The molecule has 0 spiro atoms. The normalized spacial score (nSPS) is 11.5. The lowest BCUT2D eigenvalue weighted by atomic mass is 10.1. The van der Waals surface area contributed by atoms with Crippen molar-refractivity contribution in [3.8, 4) is 11.8 Å². The Morgan fingerprint density at radius 2 is 2.05 bits per heavy atom. The van der Waals surface area contributed by atoms with Gasteiger partial charge in [-0.3, -0.25) is 4.79 Å². The number of benzene rings is 1. The summed E-state index contributed by atoms with van der Waals surface area (Å²) in [6.07, 6.45) is 1.42. The number of hydrogen-bond acceptors (Lipinski definition) is 4. The zero-order chi connectivity index (χ0) is 15.9. The molecule has 21 heavy (non-hydrogen) atoms. The van der Waals surface area contributed by atoms with Crippen molar-refractivity contribution in [1.29, 1.82) is 5.26 Å². The van der Waals surface area contributed by atoms with Gasteiger partial charge >= 0.3 is 0 Å². The van der Waals surface area contributed by atoms with Crippen molar-refractivity contribution >= 4 is 5.91 Å². The molecule has 0 heterocycles. The third-order valence-corrected chi connectivity index (χ3v) is 2.59. The number of nitrogens with zero attached hydrogens (tertiary/aromatic N) is 1. The highest BCUT2D eigenvalue weighted by Gasteiger charge is 2.17. The molecule has 0 saturated heterocycles. The molecule has 0 bridgehead atoms. The van der Waals surface area contributed by atoms with Crippen LogP contribution in [0, 0.1) is 11.3 Å². The van der Waals surface area contributed by atoms with E-state index in [1.807, 2.05) is 51.1 Å². The number of carbonyl (C=O) groups excluding carboxylic acids is 1. The predicted molar refractivity (Wildman–Crippen MR) is 81.4 cm³/mol. The van der Waals surface area contributed by atoms with Crippen LogP contribution in [0.25, 0.3) is 0 Å². The number of methoxy groups -OCH3 is 1. The van der Waals surface area contributed by atoms with E-state index >= 15 is 0 Å². The maximum Gasteiger partial charge on any atom is 0.263 e. The largest absolute Gasteiger partial charge is 0.496 e. The first kappa shape index (κ1) is 16.6. The minimum Gasteiger partial charge on any atom is -0.496 e. The molecule has 0 aliphatic carbocycles. The number of para-hydroxylation sites is 1. The summed E-state index contributed by atoms with van der Waals surface area (Å²) in [6, 6.07) is 9.46. The van der Waals surface area contributed by atoms with Crippen LogP contribution in [0.5, 0.6) is 5.75 Å². The Labute approximate surface area is 125 Å². The number of rotatable bonds is 5. The highest BCUT2D eigenvalue weighted by molar-refractivity contribution is 5.97. The number of carbonyl (C=O) groups is 1. The number of hydrogen-bond donors (Lipinski definition) is 2. The first-order valence-corrected chi connectivity index (χ1v) is 6.65. The molecule has 0 saturated carbocycles. The van der Waals surface area contributed by atoms with Crippen molar-refractivity contribution in [2.45, 2.75) is 32.9 Å². The molecule has 1 aromatic rings. The molecule has 0 aromatic heterocycles. The Kier molecular flexibility index (Phi) is 5.79. The maximum absolute atomic E-state index is 11.9. The van der Waals surface area contributed by atoms with Gasteiger partial charge in [0.05, 0.1) is 7.11 Å². The minimum absolute atomic E-state index is 0.0415. The number of nitriles is 1. The van der Waals surface area contributed by atoms with Crippen molar-refractivity contribution in [2.24, 2.45) is 0 Å². The van der Waals surface area contributed by atoms with E-state index in [4.69, 9.17) is 10.00 Å². The second-order valence-electron chi connectivity index (χ2n) is 5.57. The zero-order valence-corrected chi connectivity index (χ0v) is 12.9. The molecule has 1 aromatic carbocycles. The quantitative estimate of drug-likeness (QED) is 0.642. The summed E-state index contributed by atoms with van der Waals surface area (Å²) in [7, 11) is 1.60. The summed E-state index contributed by atoms with van der Waals surface area (Å²) in [5.41, 5.74) is 0.611. The molecular formula is C16H21N3O2. The van der Waals surface area contributed by atoms with Crippen LogP contribution in [-0.4, -0.2) is 18.6 Å². The van der Waals surface area contributed by atoms with Crippen LogP contribution in [0.2, 0.25) is 0 Å². The summed E-state index contributed by atoms with van der Waals surface area (Å²) < 4.78 is 5.24. The van der Waals surface area contributed by atoms with Gasteiger partial charge in [0.1, 0.15) is 17.4 Å². The second-order valence-corrected chi connectivity index (χ2v) is 5.57. The van der Waals surface area contributed by atoms with Gasteiger partial charge in [0.15, 0.2) is 0 Å². The van der Waals surface area contributed by atoms with Crippen molar-refractivity contribution in [3.63, 3.8) is 0 Å². The molecule has 0 atom stereocenters. The molecule has 1 rings (SSSR count). The van der Waals surface area contributed by atoms with E-state index in [9.17, 15) is 4.79 Å². The van der Waals surface area contributed by atoms with Gasteiger partial charge < -0.3 is 15.4 Å². The lowest BCUT2D eigenvalue weighted by Gasteiger charge is -2.20. The summed E-state index contributed by atoms with van der Waals surface area (Å²) in [6.45, 7) is 6.06. The van der Waals surface area contributed by atoms with E-state index in [-0.39, 0.29) is 11.1 Å². The monoisotopic (exact) mass is 287 g/mol. The SMILES string of the molecule is COc1ccccc1CN/C=C(/C#N)C(=O)NC(C)(C)C. The van der Waals surface area contributed by atoms with Crippen molar-refractivity contribution in [2.75, 3.05) is 7.11 Å².